The van der Waals surface area contributed by atoms with Crippen LogP contribution in [0.2, 0.25) is 0 Å². The maximum atomic E-state index is 13.5. The lowest BCUT2D eigenvalue weighted by Gasteiger charge is -2.10. The number of ether oxygens (including phenoxy) is 1. The third-order valence-electron chi connectivity index (χ3n) is 2.11. The highest BCUT2D eigenvalue weighted by Crippen LogP contribution is 2.27. The molecular weight excluding hydrogens is 216 g/mol. The van der Waals surface area contributed by atoms with Gasteiger partial charge in [-0.05, 0) is 6.92 Å². The first kappa shape index (κ1) is 12.1. The summed E-state index contributed by atoms with van der Waals surface area (Å²) in [6.45, 7) is 1.11. The number of Topliss-reactive ketones (excluding diaryl/α,β-unsaturated/α-hetero) is 1. The summed E-state index contributed by atoms with van der Waals surface area (Å²) in [7, 11) is 1.26. The van der Waals surface area contributed by atoms with Gasteiger partial charge in [0, 0.05) is 17.7 Å². The number of benzene rings is 1. The lowest BCUT2D eigenvalue weighted by atomic mass is 9.96. The Hall–Kier alpha value is -1.96. The predicted octanol–water partition coefficient (Wildman–Crippen LogP) is 2.17. The summed E-state index contributed by atoms with van der Waals surface area (Å²) in [4.78, 5) is 11.0. The van der Waals surface area contributed by atoms with Gasteiger partial charge in [-0.15, -0.1) is 0 Å². The molecule has 0 aliphatic carbocycles. The summed E-state index contributed by atoms with van der Waals surface area (Å²) in [5.74, 6) is -3.95. The Labute approximate surface area is 91.3 Å². The van der Waals surface area contributed by atoms with Crippen LogP contribution < -0.4 is 4.74 Å². The van der Waals surface area contributed by atoms with Crippen LogP contribution in [0.1, 0.15) is 18.4 Å². The van der Waals surface area contributed by atoms with Gasteiger partial charge in [-0.1, -0.05) is 0 Å². The summed E-state index contributed by atoms with van der Waals surface area (Å²) in [6, 6.07) is 3.44. The summed E-state index contributed by atoms with van der Waals surface area (Å²) < 4.78 is 31.6. The number of hydrogen-bond donors (Lipinski definition) is 0. The highest BCUT2D eigenvalue weighted by molar-refractivity contribution is 5.86. The number of carbonyl (C=O) groups is 1. The van der Waals surface area contributed by atoms with E-state index in [4.69, 9.17) is 5.26 Å². The molecule has 5 heteroatoms. The van der Waals surface area contributed by atoms with Gasteiger partial charge < -0.3 is 4.74 Å². The van der Waals surface area contributed by atoms with E-state index >= 15 is 0 Å². The summed E-state index contributed by atoms with van der Waals surface area (Å²) >= 11 is 0. The van der Waals surface area contributed by atoms with E-state index in [-0.39, 0.29) is 5.75 Å². The van der Waals surface area contributed by atoms with E-state index in [2.05, 4.69) is 4.74 Å². The quantitative estimate of drug-likeness (QED) is 0.792. The molecule has 0 spiro atoms. The monoisotopic (exact) mass is 225 g/mol. The number of nitrogens with zero attached hydrogens (tertiary/aromatic N) is 1. The van der Waals surface area contributed by atoms with E-state index in [0.29, 0.717) is 0 Å². The van der Waals surface area contributed by atoms with Crippen molar-refractivity contribution in [2.75, 3.05) is 7.11 Å². The number of carbonyl (C=O) groups excluding carboxylic acids is 1. The molecular formula is C11H9F2NO2. The highest BCUT2D eigenvalue weighted by atomic mass is 19.1. The van der Waals surface area contributed by atoms with Crippen molar-refractivity contribution in [3.63, 3.8) is 0 Å². The van der Waals surface area contributed by atoms with Crippen molar-refractivity contribution >= 4 is 5.78 Å². The van der Waals surface area contributed by atoms with Crippen molar-refractivity contribution < 1.29 is 18.3 Å². The molecule has 0 heterocycles. The predicted molar refractivity (Wildman–Crippen MR) is 51.9 cm³/mol. The van der Waals surface area contributed by atoms with Gasteiger partial charge in [0.1, 0.15) is 23.3 Å². The Balaban J connectivity index is 3.35. The third-order valence-corrected chi connectivity index (χ3v) is 2.11. The molecule has 1 atom stereocenters. The second kappa shape index (κ2) is 4.71. The van der Waals surface area contributed by atoms with Crippen LogP contribution in [-0.4, -0.2) is 12.9 Å². The first-order valence-corrected chi connectivity index (χ1v) is 4.44. The van der Waals surface area contributed by atoms with Crippen LogP contribution in [0.3, 0.4) is 0 Å². The van der Waals surface area contributed by atoms with Gasteiger partial charge in [0.15, 0.2) is 5.78 Å². The summed E-state index contributed by atoms with van der Waals surface area (Å²) in [6.07, 6.45) is 0. The van der Waals surface area contributed by atoms with Gasteiger partial charge in [-0.3, -0.25) is 4.79 Å². The summed E-state index contributed by atoms with van der Waals surface area (Å²) in [5.41, 5.74) is -0.532. The van der Waals surface area contributed by atoms with Crippen LogP contribution >= 0.6 is 0 Å². The molecule has 0 bridgehead atoms. The largest absolute Gasteiger partial charge is 0.497 e. The van der Waals surface area contributed by atoms with Gasteiger partial charge in [0.05, 0.1) is 13.2 Å². The van der Waals surface area contributed by atoms with Crippen LogP contribution in [0.15, 0.2) is 12.1 Å². The lowest BCUT2D eigenvalue weighted by molar-refractivity contribution is -0.117. The number of ketones is 1. The minimum absolute atomic E-state index is 0.000933. The first-order valence-electron chi connectivity index (χ1n) is 4.44. The second-order valence-corrected chi connectivity index (χ2v) is 3.18. The van der Waals surface area contributed by atoms with Crippen LogP contribution in [-0.2, 0) is 4.79 Å². The Morgan fingerprint density at radius 1 is 1.44 bits per heavy atom. The molecule has 3 nitrogen and oxygen atoms in total. The zero-order valence-electron chi connectivity index (χ0n) is 8.75. The SMILES string of the molecule is COc1cc(F)c([C@H](C#N)C(C)=O)c(F)c1. The minimum atomic E-state index is -1.43. The van der Waals surface area contributed by atoms with Gasteiger partial charge in [-0.25, -0.2) is 8.78 Å². The smallest absolute Gasteiger partial charge is 0.151 e. The molecule has 16 heavy (non-hydrogen) atoms. The Morgan fingerprint density at radius 3 is 2.25 bits per heavy atom. The number of methoxy groups -OCH3 is 1. The van der Waals surface area contributed by atoms with Crippen LogP contribution in [0, 0.1) is 23.0 Å². The van der Waals surface area contributed by atoms with Crippen molar-refractivity contribution in [2.24, 2.45) is 0 Å². The molecule has 1 rings (SSSR count). The van der Waals surface area contributed by atoms with E-state index in [1.807, 2.05) is 0 Å². The van der Waals surface area contributed by atoms with Gasteiger partial charge >= 0.3 is 0 Å². The zero-order valence-corrected chi connectivity index (χ0v) is 8.75. The van der Waals surface area contributed by atoms with E-state index in [1.165, 1.54) is 7.11 Å². The van der Waals surface area contributed by atoms with E-state index in [1.54, 1.807) is 6.07 Å². The number of hydrogen-bond acceptors (Lipinski definition) is 3. The standard InChI is InChI=1S/C11H9F2NO2/c1-6(15)8(5-14)11-9(12)3-7(16-2)4-10(11)13/h3-4,8H,1-2H3/t8-/m1/s1. The molecule has 0 unspecified atom stereocenters. The molecule has 1 aromatic carbocycles. The number of nitriles is 1. The van der Waals surface area contributed by atoms with Crippen molar-refractivity contribution in [2.45, 2.75) is 12.8 Å². The topological polar surface area (TPSA) is 50.1 Å². The molecule has 0 aliphatic rings. The van der Waals surface area contributed by atoms with E-state index in [0.717, 1.165) is 19.1 Å². The Morgan fingerprint density at radius 2 is 1.94 bits per heavy atom. The van der Waals surface area contributed by atoms with Gasteiger partial charge in [0.25, 0.3) is 0 Å². The maximum absolute atomic E-state index is 13.5. The van der Waals surface area contributed by atoms with Crippen LogP contribution in [0.4, 0.5) is 8.78 Å². The second-order valence-electron chi connectivity index (χ2n) is 3.18. The average molecular weight is 225 g/mol. The molecule has 84 valence electrons. The lowest BCUT2D eigenvalue weighted by Crippen LogP contribution is -2.11. The minimum Gasteiger partial charge on any atom is -0.497 e. The van der Waals surface area contributed by atoms with Crippen LogP contribution in [0.5, 0.6) is 5.75 Å². The maximum Gasteiger partial charge on any atom is 0.151 e. The molecule has 0 saturated carbocycles. The normalized spacial score (nSPS) is 11.7. The molecule has 0 amide bonds. The fraction of sp³-hybridized carbons (Fsp3) is 0.273. The Kier molecular flexibility index (Phi) is 3.56. The molecule has 0 fully saturated rings. The molecule has 0 N–H and O–H groups in total. The fourth-order valence-corrected chi connectivity index (χ4v) is 1.31. The first-order chi connectivity index (χ1) is 7.51. The van der Waals surface area contributed by atoms with Crippen molar-refractivity contribution in [1.29, 1.82) is 5.26 Å². The van der Waals surface area contributed by atoms with E-state index in [9.17, 15) is 13.6 Å². The number of halogens is 2. The zero-order chi connectivity index (χ0) is 12.3. The highest BCUT2D eigenvalue weighted by Gasteiger charge is 2.24. The van der Waals surface area contributed by atoms with Crippen LogP contribution in [0.25, 0.3) is 0 Å². The molecule has 0 saturated heterocycles. The van der Waals surface area contributed by atoms with Crippen molar-refractivity contribution in [3.8, 4) is 11.8 Å². The van der Waals surface area contributed by atoms with Gasteiger partial charge in [-0.2, -0.15) is 5.26 Å². The third kappa shape index (κ3) is 2.16. The molecule has 0 aliphatic heterocycles. The molecule has 1 aromatic rings. The average Bonchev–Trinajstić information content (AvgIpc) is 2.22. The van der Waals surface area contributed by atoms with Crippen molar-refractivity contribution in [1.82, 2.24) is 0 Å². The molecule has 0 radical (unpaired) electrons. The fourth-order valence-electron chi connectivity index (χ4n) is 1.31. The van der Waals surface area contributed by atoms with Gasteiger partial charge in [0.2, 0.25) is 0 Å². The molecule has 0 aromatic heterocycles. The number of rotatable bonds is 3. The summed E-state index contributed by atoms with van der Waals surface area (Å²) in [5, 5.41) is 8.69. The van der Waals surface area contributed by atoms with E-state index < -0.39 is 28.9 Å². The Bertz CT molecular complexity index is 443. The van der Waals surface area contributed by atoms with Crippen molar-refractivity contribution in [3.05, 3.63) is 29.3 Å².